The highest BCUT2D eigenvalue weighted by molar-refractivity contribution is 9.10. The molecule has 0 bridgehead atoms. The number of rotatable bonds is 3. The number of aryl methyl sites for hydroxylation is 1. The Hall–Kier alpha value is -0.540. The maximum atomic E-state index is 5.82. The SMILES string of the molecule is Cc1cccc(Br)c1NC(C)OC(C)(C)C. The van der Waals surface area contributed by atoms with Gasteiger partial charge in [0.05, 0.1) is 11.3 Å². The monoisotopic (exact) mass is 285 g/mol. The summed E-state index contributed by atoms with van der Waals surface area (Å²) in [4.78, 5) is 0. The maximum Gasteiger partial charge on any atom is 0.125 e. The van der Waals surface area contributed by atoms with Crippen LogP contribution >= 0.6 is 15.9 Å². The normalized spacial score (nSPS) is 13.6. The van der Waals surface area contributed by atoms with E-state index in [4.69, 9.17) is 4.74 Å². The number of ether oxygens (including phenoxy) is 1. The third-order valence-electron chi connectivity index (χ3n) is 2.10. The molecule has 1 unspecified atom stereocenters. The third kappa shape index (κ3) is 4.14. The molecule has 0 spiro atoms. The van der Waals surface area contributed by atoms with Gasteiger partial charge in [-0.25, -0.2) is 0 Å². The van der Waals surface area contributed by atoms with Gasteiger partial charge in [-0.3, -0.25) is 0 Å². The quantitative estimate of drug-likeness (QED) is 0.835. The van der Waals surface area contributed by atoms with Crippen LogP contribution in [0, 0.1) is 6.92 Å². The van der Waals surface area contributed by atoms with Crippen LogP contribution in [0.1, 0.15) is 33.3 Å². The Morgan fingerprint density at radius 1 is 1.31 bits per heavy atom. The molecule has 0 aliphatic rings. The van der Waals surface area contributed by atoms with Crippen LogP contribution in [0.4, 0.5) is 5.69 Å². The first-order valence-corrected chi connectivity index (χ1v) is 6.28. The van der Waals surface area contributed by atoms with Crippen molar-refractivity contribution in [2.24, 2.45) is 0 Å². The molecule has 0 radical (unpaired) electrons. The standard InChI is InChI=1S/C13H20BrNO/c1-9-7-6-8-11(14)12(9)15-10(2)16-13(3,4)5/h6-8,10,15H,1-5H3. The van der Waals surface area contributed by atoms with E-state index in [0.29, 0.717) is 0 Å². The summed E-state index contributed by atoms with van der Waals surface area (Å²) in [5.74, 6) is 0. The minimum absolute atomic E-state index is 0.0163. The minimum atomic E-state index is -0.137. The second-order valence-corrected chi connectivity index (χ2v) is 5.80. The molecule has 1 rings (SSSR count). The number of anilines is 1. The van der Waals surface area contributed by atoms with Crippen LogP contribution in [0.3, 0.4) is 0 Å². The van der Waals surface area contributed by atoms with Crippen LogP contribution in [0.5, 0.6) is 0 Å². The molecule has 90 valence electrons. The fourth-order valence-corrected chi connectivity index (χ4v) is 2.16. The molecule has 0 heterocycles. The summed E-state index contributed by atoms with van der Waals surface area (Å²) in [7, 11) is 0. The van der Waals surface area contributed by atoms with E-state index in [-0.39, 0.29) is 11.8 Å². The molecule has 0 fully saturated rings. The Morgan fingerprint density at radius 2 is 1.94 bits per heavy atom. The molecule has 0 aliphatic heterocycles. The van der Waals surface area contributed by atoms with Gasteiger partial charge < -0.3 is 10.1 Å². The first-order chi connectivity index (χ1) is 7.29. The smallest absolute Gasteiger partial charge is 0.125 e. The number of hydrogen-bond donors (Lipinski definition) is 1. The highest BCUT2D eigenvalue weighted by Crippen LogP contribution is 2.27. The van der Waals surface area contributed by atoms with Gasteiger partial charge in [-0.2, -0.15) is 0 Å². The molecule has 0 saturated heterocycles. The average molecular weight is 286 g/mol. The Morgan fingerprint density at radius 3 is 2.44 bits per heavy atom. The Bertz CT molecular complexity index is 337. The summed E-state index contributed by atoms with van der Waals surface area (Å²) in [6.45, 7) is 10.3. The number of benzene rings is 1. The second-order valence-electron chi connectivity index (χ2n) is 4.95. The molecular formula is C13H20BrNO. The van der Waals surface area contributed by atoms with E-state index in [1.54, 1.807) is 0 Å². The molecule has 0 amide bonds. The van der Waals surface area contributed by atoms with Crippen molar-refractivity contribution in [3.8, 4) is 0 Å². The Labute approximate surface area is 107 Å². The first kappa shape index (κ1) is 13.5. The zero-order chi connectivity index (χ0) is 12.3. The molecule has 1 aromatic carbocycles. The average Bonchev–Trinajstić information content (AvgIpc) is 2.08. The molecule has 1 aromatic rings. The summed E-state index contributed by atoms with van der Waals surface area (Å²) >= 11 is 3.54. The van der Waals surface area contributed by atoms with Crippen molar-refractivity contribution in [1.82, 2.24) is 0 Å². The number of hydrogen-bond acceptors (Lipinski definition) is 2. The van der Waals surface area contributed by atoms with E-state index >= 15 is 0 Å². The third-order valence-corrected chi connectivity index (χ3v) is 2.76. The van der Waals surface area contributed by atoms with E-state index in [1.807, 2.05) is 19.1 Å². The van der Waals surface area contributed by atoms with Gasteiger partial charge in [0.15, 0.2) is 0 Å². The lowest BCUT2D eigenvalue weighted by Crippen LogP contribution is -2.30. The van der Waals surface area contributed by atoms with E-state index < -0.39 is 0 Å². The number of para-hydroxylation sites is 1. The van der Waals surface area contributed by atoms with Crippen LogP contribution in [0.25, 0.3) is 0 Å². The number of halogens is 1. The van der Waals surface area contributed by atoms with Gasteiger partial charge >= 0.3 is 0 Å². The van der Waals surface area contributed by atoms with Gasteiger partial charge in [0, 0.05) is 4.47 Å². The first-order valence-electron chi connectivity index (χ1n) is 5.49. The fraction of sp³-hybridized carbons (Fsp3) is 0.538. The van der Waals surface area contributed by atoms with Crippen LogP contribution in [0.2, 0.25) is 0 Å². The Balaban J connectivity index is 2.73. The summed E-state index contributed by atoms with van der Waals surface area (Å²) in [6, 6.07) is 6.13. The van der Waals surface area contributed by atoms with E-state index in [9.17, 15) is 0 Å². The van der Waals surface area contributed by atoms with Gasteiger partial charge in [-0.15, -0.1) is 0 Å². The predicted molar refractivity (Wildman–Crippen MR) is 72.8 cm³/mol. The highest BCUT2D eigenvalue weighted by Gasteiger charge is 2.16. The number of nitrogens with one attached hydrogen (secondary N) is 1. The summed E-state index contributed by atoms with van der Waals surface area (Å²) < 4.78 is 6.89. The van der Waals surface area contributed by atoms with Crippen LogP contribution in [-0.4, -0.2) is 11.8 Å². The zero-order valence-electron chi connectivity index (χ0n) is 10.6. The van der Waals surface area contributed by atoms with Gasteiger partial charge in [-0.05, 0) is 62.2 Å². The van der Waals surface area contributed by atoms with Crippen molar-refractivity contribution in [1.29, 1.82) is 0 Å². The van der Waals surface area contributed by atoms with Crippen molar-refractivity contribution in [2.45, 2.75) is 46.4 Å². The molecule has 3 heteroatoms. The van der Waals surface area contributed by atoms with Gasteiger partial charge in [0.1, 0.15) is 6.23 Å². The van der Waals surface area contributed by atoms with Crippen LogP contribution in [-0.2, 0) is 4.74 Å². The molecular weight excluding hydrogens is 266 g/mol. The molecule has 0 aliphatic carbocycles. The van der Waals surface area contributed by atoms with Crippen LogP contribution in [0.15, 0.2) is 22.7 Å². The largest absolute Gasteiger partial charge is 0.359 e. The molecule has 1 N–H and O–H groups in total. The molecule has 16 heavy (non-hydrogen) atoms. The minimum Gasteiger partial charge on any atom is -0.359 e. The van der Waals surface area contributed by atoms with E-state index in [2.05, 4.69) is 55.0 Å². The van der Waals surface area contributed by atoms with Gasteiger partial charge in [0.25, 0.3) is 0 Å². The van der Waals surface area contributed by atoms with Crippen LogP contribution < -0.4 is 5.32 Å². The maximum absolute atomic E-state index is 5.82. The lowest BCUT2D eigenvalue weighted by molar-refractivity contribution is -0.0383. The lowest BCUT2D eigenvalue weighted by atomic mass is 10.2. The highest BCUT2D eigenvalue weighted by atomic mass is 79.9. The summed E-state index contributed by atoms with van der Waals surface area (Å²) in [6.07, 6.45) is -0.0163. The van der Waals surface area contributed by atoms with Crippen molar-refractivity contribution < 1.29 is 4.74 Å². The van der Waals surface area contributed by atoms with Gasteiger partial charge in [0.2, 0.25) is 0 Å². The van der Waals surface area contributed by atoms with Crippen molar-refractivity contribution >= 4 is 21.6 Å². The fourth-order valence-electron chi connectivity index (χ4n) is 1.58. The van der Waals surface area contributed by atoms with E-state index in [1.165, 1.54) is 5.56 Å². The lowest BCUT2D eigenvalue weighted by Gasteiger charge is -2.27. The van der Waals surface area contributed by atoms with E-state index in [0.717, 1.165) is 10.2 Å². The second kappa shape index (κ2) is 5.19. The Kier molecular flexibility index (Phi) is 4.39. The molecule has 0 aromatic heterocycles. The zero-order valence-corrected chi connectivity index (χ0v) is 12.2. The predicted octanol–water partition coefficient (Wildman–Crippen LogP) is 4.33. The molecule has 1 atom stereocenters. The van der Waals surface area contributed by atoms with Gasteiger partial charge in [-0.1, -0.05) is 12.1 Å². The summed E-state index contributed by atoms with van der Waals surface area (Å²) in [5.41, 5.74) is 2.17. The summed E-state index contributed by atoms with van der Waals surface area (Å²) in [5, 5.41) is 3.37. The molecule has 0 saturated carbocycles. The topological polar surface area (TPSA) is 21.3 Å². The molecule has 2 nitrogen and oxygen atoms in total. The van der Waals surface area contributed by atoms with Crippen molar-refractivity contribution in [2.75, 3.05) is 5.32 Å². The van der Waals surface area contributed by atoms with Crippen molar-refractivity contribution in [3.63, 3.8) is 0 Å². The van der Waals surface area contributed by atoms with Crippen molar-refractivity contribution in [3.05, 3.63) is 28.2 Å².